The summed E-state index contributed by atoms with van der Waals surface area (Å²) in [6.45, 7) is 7.65. The molecule has 0 aliphatic heterocycles. The molecule has 0 unspecified atom stereocenters. The molecule has 0 saturated heterocycles. The van der Waals surface area contributed by atoms with Crippen molar-refractivity contribution in [2.24, 2.45) is 0 Å². The molecular weight excluding hydrogens is 368 g/mol. The Morgan fingerprint density at radius 3 is 2.45 bits per heavy atom. The summed E-state index contributed by atoms with van der Waals surface area (Å²) in [6, 6.07) is 9.69. The molecule has 1 saturated carbocycles. The first-order valence-corrected chi connectivity index (χ1v) is 10.1. The van der Waals surface area contributed by atoms with E-state index in [0.717, 1.165) is 31.4 Å². The highest BCUT2D eigenvalue weighted by molar-refractivity contribution is 5.95. The molecule has 156 valence electrons. The average Bonchev–Trinajstić information content (AvgIpc) is 3.27. The fourth-order valence-electron chi connectivity index (χ4n) is 3.66. The van der Waals surface area contributed by atoms with Crippen molar-refractivity contribution < 1.29 is 14.3 Å². The van der Waals surface area contributed by atoms with Crippen LogP contribution in [-0.2, 0) is 4.74 Å². The number of ether oxygens (including phenoxy) is 1. The largest absolute Gasteiger partial charge is 0.444 e. The van der Waals surface area contributed by atoms with Gasteiger partial charge in [0.15, 0.2) is 0 Å². The molecular formula is C22H30N4O3. The molecule has 1 fully saturated rings. The predicted molar refractivity (Wildman–Crippen MR) is 111 cm³/mol. The van der Waals surface area contributed by atoms with Crippen LogP contribution in [0.3, 0.4) is 0 Å². The van der Waals surface area contributed by atoms with E-state index in [4.69, 9.17) is 4.74 Å². The quantitative estimate of drug-likeness (QED) is 0.803. The van der Waals surface area contributed by atoms with E-state index in [2.05, 4.69) is 15.7 Å². The zero-order valence-corrected chi connectivity index (χ0v) is 17.6. The minimum absolute atomic E-state index is 0.169. The second-order valence-corrected chi connectivity index (χ2v) is 8.71. The highest BCUT2D eigenvalue weighted by atomic mass is 16.6. The third-order valence-electron chi connectivity index (χ3n) is 5.07. The van der Waals surface area contributed by atoms with Gasteiger partial charge in [0.25, 0.3) is 5.91 Å². The number of aromatic nitrogens is 2. The Kier molecular flexibility index (Phi) is 5.96. The van der Waals surface area contributed by atoms with Crippen LogP contribution < -0.4 is 10.6 Å². The fourth-order valence-corrected chi connectivity index (χ4v) is 3.66. The van der Waals surface area contributed by atoms with Gasteiger partial charge in [0.2, 0.25) is 0 Å². The minimum atomic E-state index is -0.556. The maximum absolute atomic E-state index is 13.0. The van der Waals surface area contributed by atoms with Crippen LogP contribution in [0.25, 0.3) is 5.69 Å². The van der Waals surface area contributed by atoms with Gasteiger partial charge in [-0.15, -0.1) is 0 Å². The number of hydrogen-bond acceptors (Lipinski definition) is 4. The Morgan fingerprint density at radius 1 is 1.17 bits per heavy atom. The van der Waals surface area contributed by atoms with E-state index in [1.807, 2.05) is 58.0 Å². The van der Waals surface area contributed by atoms with Crippen molar-refractivity contribution in [3.05, 3.63) is 47.8 Å². The van der Waals surface area contributed by atoms with E-state index in [1.54, 1.807) is 10.9 Å². The number of carbonyl (C=O) groups excluding carboxylic acids is 2. The summed E-state index contributed by atoms with van der Waals surface area (Å²) in [7, 11) is 0. The van der Waals surface area contributed by atoms with Gasteiger partial charge < -0.3 is 15.4 Å². The van der Waals surface area contributed by atoms with Gasteiger partial charge in [0.05, 0.1) is 22.5 Å². The Labute approximate surface area is 171 Å². The normalized spacial score (nSPS) is 15.7. The van der Waals surface area contributed by atoms with Gasteiger partial charge in [-0.25, -0.2) is 9.48 Å². The lowest BCUT2D eigenvalue weighted by molar-refractivity contribution is 0.0504. The number of nitrogens with zero attached hydrogens (tertiary/aromatic N) is 2. The molecule has 0 radical (unpaired) electrons. The number of alkyl carbamates (subject to hydrolysis) is 1. The van der Waals surface area contributed by atoms with Crippen LogP contribution in [0.4, 0.5) is 4.79 Å². The smallest absolute Gasteiger partial charge is 0.407 e. The van der Waals surface area contributed by atoms with Gasteiger partial charge in [0, 0.05) is 12.7 Å². The average molecular weight is 399 g/mol. The first-order chi connectivity index (χ1) is 13.7. The van der Waals surface area contributed by atoms with Gasteiger partial charge in [-0.2, -0.15) is 5.10 Å². The minimum Gasteiger partial charge on any atom is -0.444 e. The zero-order chi connectivity index (χ0) is 21.1. The Balaban J connectivity index is 1.70. The molecule has 2 aromatic rings. The first-order valence-electron chi connectivity index (χ1n) is 10.1. The van der Waals surface area contributed by atoms with Gasteiger partial charge in [-0.1, -0.05) is 31.0 Å². The lowest BCUT2D eigenvalue weighted by atomic mass is 9.96. The summed E-state index contributed by atoms with van der Waals surface area (Å²) < 4.78 is 7.04. The number of amides is 2. The Morgan fingerprint density at radius 2 is 1.83 bits per heavy atom. The second-order valence-electron chi connectivity index (χ2n) is 8.71. The van der Waals surface area contributed by atoms with Crippen LogP contribution in [0.1, 0.15) is 62.5 Å². The van der Waals surface area contributed by atoms with E-state index < -0.39 is 17.2 Å². The molecule has 0 bridgehead atoms. The third-order valence-corrected chi connectivity index (χ3v) is 5.07. The van der Waals surface area contributed by atoms with E-state index in [9.17, 15) is 9.59 Å². The van der Waals surface area contributed by atoms with Crippen LogP contribution in [0, 0.1) is 6.92 Å². The number of carbonyl (C=O) groups is 2. The molecule has 3 rings (SSSR count). The van der Waals surface area contributed by atoms with E-state index in [1.165, 1.54) is 0 Å². The van der Waals surface area contributed by atoms with Crippen molar-refractivity contribution in [2.45, 2.75) is 64.5 Å². The molecule has 1 aromatic heterocycles. The fraction of sp³-hybridized carbons (Fsp3) is 0.500. The van der Waals surface area contributed by atoms with Gasteiger partial charge in [-0.05, 0) is 52.7 Å². The van der Waals surface area contributed by atoms with Gasteiger partial charge >= 0.3 is 6.09 Å². The van der Waals surface area contributed by atoms with Gasteiger partial charge in [0.1, 0.15) is 5.60 Å². The summed E-state index contributed by atoms with van der Waals surface area (Å²) >= 11 is 0. The number of benzene rings is 1. The summed E-state index contributed by atoms with van der Waals surface area (Å²) in [4.78, 5) is 25.1. The van der Waals surface area contributed by atoms with Crippen molar-refractivity contribution in [3.63, 3.8) is 0 Å². The molecule has 0 spiro atoms. The molecule has 1 aliphatic rings. The summed E-state index contributed by atoms with van der Waals surface area (Å²) in [5.41, 5.74) is 1.09. The molecule has 2 amide bonds. The molecule has 2 N–H and O–H groups in total. The number of hydrogen-bond donors (Lipinski definition) is 2. The van der Waals surface area contributed by atoms with Crippen LogP contribution in [-0.4, -0.2) is 39.5 Å². The molecule has 1 aliphatic carbocycles. The number of nitrogens with one attached hydrogen (secondary N) is 2. The summed E-state index contributed by atoms with van der Waals surface area (Å²) in [5, 5.41) is 10.5. The van der Waals surface area contributed by atoms with E-state index >= 15 is 0 Å². The molecule has 7 heteroatoms. The predicted octanol–water partition coefficient (Wildman–Crippen LogP) is 3.75. The highest BCUT2D eigenvalue weighted by Crippen LogP contribution is 2.30. The Bertz CT molecular complexity index is 862. The number of rotatable bonds is 5. The van der Waals surface area contributed by atoms with Crippen molar-refractivity contribution >= 4 is 12.0 Å². The third kappa shape index (κ3) is 5.37. The highest BCUT2D eigenvalue weighted by Gasteiger charge is 2.37. The van der Waals surface area contributed by atoms with E-state index in [0.29, 0.717) is 17.8 Å². The molecule has 29 heavy (non-hydrogen) atoms. The van der Waals surface area contributed by atoms with Crippen molar-refractivity contribution in [1.82, 2.24) is 20.4 Å². The molecule has 0 atom stereocenters. The maximum atomic E-state index is 13.0. The van der Waals surface area contributed by atoms with Crippen LogP contribution in [0.15, 0.2) is 36.5 Å². The van der Waals surface area contributed by atoms with Crippen LogP contribution >= 0.6 is 0 Å². The van der Waals surface area contributed by atoms with Crippen molar-refractivity contribution in [2.75, 3.05) is 6.54 Å². The van der Waals surface area contributed by atoms with Crippen LogP contribution in [0.5, 0.6) is 0 Å². The topological polar surface area (TPSA) is 85.3 Å². The molecule has 7 nitrogen and oxygen atoms in total. The monoisotopic (exact) mass is 398 g/mol. The van der Waals surface area contributed by atoms with Crippen molar-refractivity contribution in [1.29, 1.82) is 0 Å². The lowest BCUT2D eigenvalue weighted by Gasteiger charge is -2.31. The number of aryl methyl sites for hydroxylation is 1. The lowest BCUT2D eigenvalue weighted by Crippen LogP contribution is -2.54. The van der Waals surface area contributed by atoms with Crippen LogP contribution in [0.2, 0.25) is 0 Å². The SMILES string of the molecule is Cc1nn(-c2ccccc2)cc1C(=O)NC1(CNC(=O)OC(C)(C)C)CCCC1. The second kappa shape index (κ2) is 8.27. The van der Waals surface area contributed by atoms with Gasteiger partial charge in [-0.3, -0.25) is 4.79 Å². The molecule has 1 heterocycles. The first kappa shape index (κ1) is 20.9. The summed E-state index contributed by atoms with van der Waals surface area (Å²) in [5.74, 6) is -0.169. The Hall–Kier alpha value is -2.83. The zero-order valence-electron chi connectivity index (χ0n) is 17.6. The van der Waals surface area contributed by atoms with E-state index in [-0.39, 0.29) is 5.91 Å². The number of para-hydroxylation sites is 1. The van der Waals surface area contributed by atoms with Crippen molar-refractivity contribution in [3.8, 4) is 5.69 Å². The standard InChI is InChI=1S/C22H30N4O3/c1-16-18(14-26(25-16)17-10-6-5-7-11-17)19(27)24-22(12-8-9-13-22)15-23-20(28)29-21(2,3)4/h5-7,10-11,14H,8-9,12-13,15H2,1-4H3,(H,23,28)(H,24,27). The maximum Gasteiger partial charge on any atom is 0.407 e. The summed E-state index contributed by atoms with van der Waals surface area (Å²) in [6.07, 6.45) is 4.95. The molecule has 1 aromatic carbocycles.